The number of rotatable bonds is 5. The Kier molecular flexibility index (Phi) is 5.16. The summed E-state index contributed by atoms with van der Waals surface area (Å²) in [5, 5.41) is 7.03. The number of nitrogens with one attached hydrogen (secondary N) is 2. The van der Waals surface area contributed by atoms with Crippen LogP contribution in [0.2, 0.25) is 0 Å². The number of aliphatic imine (C=N–C) groups is 1. The number of hydrogen-bond donors (Lipinski definition) is 2. The molecule has 2 aliphatic heterocycles. The van der Waals surface area contributed by atoms with E-state index in [9.17, 15) is 0 Å². The first kappa shape index (κ1) is 16.2. The number of fused-ring (bicyclic) bond motifs is 2. The molecule has 2 bridgehead atoms. The maximum atomic E-state index is 5.91. The molecule has 5 heteroatoms. The van der Waals surface area contributed by atoms with Crippen LogP contribution in [-0.2, 0) is 4.74 Å². The number of guanidine groups is 1. The van der Waals surface area contributed by atoms with Crippen molar-refractivity contribution in [1.29, 1.82) is 0 Å². The first-order valence-corrected chi connectivity index (χ1v) is 8.70. The molecule has 4 unspecified atom stereocenters. The Morgan fingerprint density at radius 1 is 1.43 bits per heavy atom. The maximum absolute atomic E-state index is 5.91. The molecule has 0 radical (unpaired) electrons. The van der Waals surface area contributed by atoms with Crippen LogP contribution in [0.1, 0.15) is 44.6 Å². The Bertz CT molecular complexity index is 531. The van der Waals surface area contributed by atoms with E-state index in [1.54, 1.807) is 0 Å². The number of ether oxygens (including phenoxy) is 1. The van der Waals surface area contributed by atoms with Crippen LogP contribution in [0.3, 0.4) is 0 Å². The minimum atomic E-state index is 0.359. The van der Waals surface area contributed by atoms with Gasteiger partial charge in [0.05, 0.1) is 18.2 Å². The van der Waals surface area contributed by atoms with Gasteiger partial charge in [-0.3, -0.25) is 9.98 Å². The second kappa shape index (κ2) is 7.30. The third-order valence-corrected chi connectivity index (χ3v) is 5.06. The lowest BCUT2D eigenvalue weighted by atomic mass is 9.89. The average Bonchev–Trinajstić information content (AvgIpc) is 3.17. The fourth-order valence-corrected chi connectivity index (χ4v) is 3.70. The second-order valence-corrected chi connectivity index (χ2v) is 6.95. The van der Waals surface area contributed by atoms with E-state index in [1.807, 2.05) is 25.5 Å². The lowest BCUT2D eigenvalue weighted by Gasteiger charge is -2.26. The van der Waals surface area contributed by atoms with Crippen molar-refractivity contribution in [2.45, 2.75) is 57.3 Å². The molecule has 126 valence electrons. The molecular weight excluding hydrogens is 288 g/mol. The van der Waals surface area contributed by atoms with Crippen LogP contribution in [0.25, 0.3) is 0 Å². The highest BCUT2D eigenvalue weighted by molar-refractivity contribution is 5.80. The lowest BCUT2D eigenvalue weighted by molar-refractivity contribution is 0.0992. The molecule has 23 heavy (non-hydrogen) atoms. The average molecular weight is 316 g/mol. The summed E-state index contributed by atoms with van der Waals surface area (Å²) in [5.41, 5.74) is 1.27. The summed E-state index contributed by atoms with van der Waals surface area (Å²) in [7, 11) is 1.83. The van der Waals surface area contributed by atoms with Crippen molar-refractivity contribution in [3.05, 3.63) is 30.1 Å². The van der Waals surface area contributed by atoms with E-state index in [0.29, 0.717) is 30.1 Å². The minimum absolute atomic E-state index is 0.359. The quantitative estimate of drug-likeness (QED) is 0.646. The standard InChI is InChI=1S/C18H28N4O/c1-12(2)15(13-5-4-8-20-10-13)11-21-18(19-3)22-16-9-14-6-7-17(16)23-14/h4-5,8,10,12,14-17H,6-7,9,11H2,1-3H3,(H2,19,21,22). The summed E-state index contributed by atoms with van der Waals surface area (Å²) in [4.78, 5) is 8.64. The Balaban J connectivity index is 1.56. The van der Waals surface area contributed by atoms with Crippen molar-refractivity contribution in [2.75, 3.05) is 13.6 Å². The zero-order valence-electron chi connectivity index (χ0n) is 14.3. The molecule has 5 nitrogen and oxygen atoms in total. The van der Waals surface area contributed by atoms with E-state index in [0.717, 1.165) is 18.9 Å². The summed E-state index contributed by atoms with van der Waals surface area (Å²) in [5.74, 6) is 1.83. The highest BCUT2D eigenvalue weighted by Gasteiger charge is 2.41. The molecule has 3 rings (SSSR count). The summed E-state index contributed by atoms with van der Waals surface area (Å²) >= 11 is 0. The smallest absolute Gasteiger partial charge is 0.191 e. The summed E-state index contributed by atoms with van der Waals surface area (Å²) in [6.45, 7) is 5.35. The van der Waals surface area contributed by atoms with Gasteiger partial charge in [-0.15, -0.1) is 0 Å². The van der Waals surface area contributed by atoms with Crippen LogP contribution >= 0.6 is 0 Å². The number of hydrogen-bond acceptors (Lipinski definition) is 3. The van der Waals surface area contributed by atoms with Crippen molar-refractivity contribution in [3.63, 3.8) is 0 Å². The van der Waals surface area contributed by atoms with Crippen LogP contribution in [0, 0.1) is 5.92 Å². The Labute approximate surface area is 138 Å². The molecule has 4 atom stereocenters. The van der Waals surface area contributed by atoms with Gasteiger partial charge >= 0.3 is 0 Å². The normalized spacial score (nSPS) is 28.2. The SMILES string of the molecule is CN=C(NCC(c1cccnc1)C(C)C)NC1CC2CCC1O2. The molecule has 2 N–H and O–H groups in total. The van der Waals surface area contributed by atoms with Crippen LogP contribution in [0.4, 0.5) is 0 Å². The van der Waals surface area contributed by atoms with Gasteiger partial charge in [-0.05, 0) is 36.8 Å². The molecule has 0 spiro atoms. The molecular formula is C18H28N4O. The van der Waals surface area contributed by atoms with Gasteiger partial charge in [0.15, 0.2) is 5.96 Å². The molecule has 0 aliphatic carbocycles. The first-order valence-electron chi connectivity index (χ1n) is 8.70. The molecule has 0 saturated carbocycles. The summed E-state index contributed by atoms with van der Waals surface area (Å²) in [6.07, 6.45) is 8.08. The number of pyridine rings is 1. The Hall–Kier alpha value is -1.62. The molecule has 0 amide bonds. The third kappa shape index (κ3) is 3.83. The van der Waals surface area contributed by atoms with Gasteiger partial charge in [-0.2, -0.15) is 0 Å². The molecule has 1 aromatic rings. The number of nitrogens with zero attached hydrogens (tertiary/aromatic N) is 2. The molecule has 1 aromatic heterocycles. The van der Waals surface area contributed by atoms with E-state index >= 15 is 0 Å². The third-order valence-electron chi connectivity index (χ3n) is 5.06. The van der Waals surface area contributed by atoms with E-state index in [1.165, 1.54) is 18.4 Å². The molecule has 3 heterocycles. The zero-order valence-corrected chi connectivity index (χ0v) is 14.3. The number of aromatic nitrogens is 1. The Morgan fingerprint density at radius 2 is 2.30 bits per heavy atom. The lowest BCUT2D eigenvalue weighted by Crippen LogP contribution is -2.48. The van der Waals surface area contributed by atoms with E-state index in [2.05, 4.69) is 40.5 Å². The van der Waals surface area contributed by atoms with Gasteiger partial charge in [0.25, 0.3) is 0 Å². The topological polar surface area (TPSA) is 58.5 Å². The van der Waals surface area contributed by atoms with E-state index in [-0.39, 0.29) is 0 Å². The van der Waals surface area contributed by atoms with Crippen molar-refractivity contribution in [2.24, 2.45) is 10.9 Å². The Morgan fingerprint density at radius 3 is 2.87 bits per heavy atom. The van der Waals surface area contributed by atoms with Crippen molar-refractivity contribution in [3.8, 4) is 0 Å². The molecule has 2 fully saturated rings. The van der Waals surface area contributed by atoms with E-state index in [4.69, 9.17) is 4.74 Å². The van der Waals surface area contributed by atoms with E-state index < -0.39 is 0 Å². The molecule has 0 aromatic carbocycles. The molecule has 2 aliphatic rings. The fourth-order valence-electron chi connectivity index (χ4n) is 3.70. The minimum Gasteiger partial charge on any atom is -0.373 e. The first-order chi connectivity index (χ1) is 11.2. The van der Waals surface area contributed by atoms with Crippen LogP contribution in [0.15, 0.2) is 29.5 Å². The largest absolute Gasteiger partial charge is 0.373 e. The van der Waals surface area contributed by atoms with Gasteiger partial charge in [0.1, 0.15) is 0 Å². The van der Waals surface area contributed by atoms with Crippen molar-refractivity contribution >= 4 is 5.96 Å². The van der Waals surface area contributed by atoms with Gasteiger partial charge < -0.3 is 15.4 Å². The van der Waals surface area contributed by atoms with Crippen LogP contribution in [-0.4, -0.2) is 42.8 Å². The highest BCUT2D eigenvalue weighted by Crippen LogP contribution is 2.34. The van der Waals surface area contributed by atoms with Crippen LogP contribution in [0.5, 0.6) is 0 Å². The van der Waals surface area contributed by atoms with Crippen molar-refractivity contribution < 1.29 is 4.74 Å². The van der Waals surface area contributed by atoms with Gasteiger partial charge in [-0.1, -0.05) is 19.9 Å². The highest BCUT2D eigenvalue weighted by atomic mass is 16.5. The van der Waals surface area contributed by atoms with Crippen molar-refractivity contribution in [1.82, 2.24) is 15.6 Å². The predicted octanol–water partition coefficient (Wildman–Crippen LogP) is 2.31. The van der Waals surface area contributed by atoms with Gasteiger partial charge in [0, 0.05) is 31.9 Å². The van der Waals surface area contributed by atoms with Gasteiger partial charge in [-0.25, -0.2) is 0 Å². The monoisotopic (exact) mass is 316 g/mol. The summed E-state index contributed by atoms with van der Waals surface area (Å²) in [6, 6.07) is 4.56. The fraction of sp³-hybridized carbons (Fsp3) is 0.667. The summed E-state index contributed by atoms with van der Waals surface area (Å²) < 4.78 is 5.91. The zero-order chi connectivity index (χ0) is 16.2. The maximum Gasteiger partial charge on any atom is 0.191 e. The molecule has 2 saturated heterocycles. The van der Waals surface area contributed by atoms with Gasteiger partial charge in [0.2, 0.25) is 0 Å². The van der Waals surface area contributed by atoms with Crippen LogP contribution < -0.4 is 10.6 Å². The predicted molar refractivity (Wildman–Crippen MR) is 92.6 cm³/mol. The second-order valence-electron chi connectivity index (χ2n) is 6.95.